The average Bonchev–Trinajstić information content (AvgIpc) is 3.06. The summed E-state index contributed by atoms with van der Waals surface area (Å²) in [5, 5.41) is 4.21. The summed E-state index contributed by atoms with van der Waals surface area (Å²) in [7, 11) is -3.62. The van der Waals surface area contributed by atoms with Crippen LogP contribution in [0.2, 0.25) is 0 Å². The summed E-state index contributed by atoms with van der Waals surface area (Å²) >= 11 is 0. The second kappa shape index (κ2) is 5.19. The van der Waals surface area contributed by atoms with Crippen LogP contribution in [0.4, 0.5) is 5.69 Å². The summed E-state index contributed by atoms with van der Waals surface area (Å²) in [6.45, 7) is 0.184. The van der Waals surface area contributed by atoms with E-state index in [4.69, 9.17) is 5.73 Å². The highest BCUT2D eigenvalue weighted by atomic mass is 32.2. The first-order valence-electron chi connectivity index (χ1n) is 6.18. The van der Waals surface area contributed by atoms with Crippen molar-refractivity contribution in [1.82, 2.24) is 19.8 Å². The van der Waals surface area contributed by atoms with Crippen LogP contribution in [0, 0.1) is 0 Å². The fourth-order valence-electron chi connectivity index (χ4n) is 2.02. The Labute approximate surface area is 120 Å². The van der Waals surface area contributed by atoms with Crippen LogP contribution in [0.5, 0.6) is 0 Å². The van der Waals surface area contributed by atoms with Gasteiger partial charge in [0.15, 0.2) is 5.82 Å². The summed E-state index contributed by atoms with van der Waals surface area (Å²) in [5.74, 6) is 0.449. The van der Waals surface area contributed by atoms with Crippen molar-refractivity contribution in [3.8, 4) is 0 Å². The Morgan fingerprint density at radius 2 is 2.24 bits per heavy atom. The van der Waals surface area contributed by atoms with Gasteiger partial charge in [-0.05, 0) is 18.2 Å². The monoisotopic (exact) mass is 307 g/mol. The van der Waals surface area contributed by atoms with Crippen molar-refractivity contribution >= 4 is 26.6 Å². The molecular formula is C12H13N5O3S. The fourth-order valence-corrected chi connectivity index (χ4v) is 3.22. The molecule has 3 aromatic rings. The lowest BCUT2D eigenvalue weighted by Gasteiger charge is -2.04. The predicted octanol–water partition coefficient (Wildman–Crippen LogP) is 0.654. The molecule has 0 bridgehead atoms. The topological polar surface area (TPSA) is 127 Å². The zero-order valence-electron chi connectivity index (χ0n) is 10.9. The maximum Gasteiger partial charge on any atom is 0.242 e. The van der Waals surface area contributed by atoms with E-state index in [0.29, 0.717) is 28.8 Å². The van der Waals surface area contributed by atoms with Crippen LogP contribution >= 0.6 is 0 Å². The molecule has 0 spiro atoms. The molecule has 21 heavy (non-hydrogen) atoms. The molecule has 0 aliphatic heterocycles. The molecule has 0 saturated carbocycles. The van der Waals surface area contributed by atoms with Crippen LogP contribution < -0.4 is 10.5 Å². The molecule has 4 N–H and O–H groups in total. The number of aromatic nitrogens is 3. The van der Waals surface area contributed by atoms with Gasteiger partial charge in [-0.25, -0.2) is 13.1 Å². The largest absolute Gasteiger partial charge is 0.399 e. The van der Waals surface area contributed by atoms with Crippen LogP contribution in [0.25, 0.3) is 10.9 Å². The molecule has 110 valence electrons. The lowest BCUT2D eigenvalue weighted by molar-refractivity contribution is 0.410. The highest BCUT2D eigenvalue weighted by molar-refractivity contribution is 7.89. The van der Waals surface area contributed by atoms with Crippen LogP contribution in [0.1, 0.15) is 5.82 Å². The number of sulfonamides is 1. The summed E-state index contributed by atoms with van der Waals surface area (Å²) in [6.07, 6.45) is 3.00. The smallest absolute Gasteiger partial charge is 0.242 e. The van der Waals surface area contributed by atoms with E-state index in [1.54, 1.807) is 18.2 Å². The lowest BCUT2D eigenvalue weighted by atomic mass is 10.2. The van der Waals surface area contributed by atoms with Gasteiger partial charge < -0.3 is 15.2 Å². The minimum atomic E-state index is -3.62. The van der Waals surface area contributed by atoms with E-state index in [0.717, 1.165) is 0 Å². The molecule has 0 aliphatic carbocycles. The Kier molecular flexibility index (Phi) is 3.35. The lowest BCUT2D eigenvalue weighted by Crippen LogP contribution is -2.26. The third-order valence-electron chi connectivity index (χ3n) is 3.00. The maximum atomic E-state index is 12.3. The number of rotatable bonds is 5. The molecule has 0 fully saturated rings. The van der Waals surface area contributed by atoms with Gasteiger partial charge in [-0.2, -0.15) is 4.98 Å². The number of fused-ring (bicyclic) bond motifs is 1. The molecule has 8 nitrogen and oxygen atoms in total. The van der Waals surface area contributed by atoms with E-state index >= 15 is 0 Å². The summed E-state index contributed by atoms with van der Waals surface area (Å²) < 4.78 is 31.7. The SMILES string of the molecule is Nc1ccc2c(S(=O)(=O)NCCc3ncon3)c[nH]c2c1. The summed E-state index contributed by atoms with van der Waals surface area (Å²) in [5.41, 5.74) is 6.91. The van der Waals surface area contributed by atoms with Gasteiger partial charge >= 0.3 is 0 Å². The number of nitrogen functional groups attached to an aromatic ring is 1. The number of hydrogen-bond donors (Lipinski definition) is 3. The van der Waals surface area contributed by atoms with Gasteiger partial charge in [0.2, 0.25) is 16.4 Å². The second-order valence-corrected chi connectivity index (χ2v) is 6.19. The van der Waals surface area contributed by atoms with Gasteiger partial charge in [0.1, 0.15) is 4.90 Å². The third-order valence-corrected chi connectivity index (χ3v) is 4.51. The number of nitrogens with two attached hydrogens (primary N) is 1. The van der Waals surface area contributed by atoms with Crippen molar-refractivity contribution < 1.29 is 12.9 Å². The van der Waals surface area contributed by atoms with E-state index in [1.165, 1.54) is 12.6 Å². The average molecular weight is 307 g/mol. The van der Waals surface area contributed by atoms with Crippen molar-refractivity contribution in [2.75, 3.05) is 12.3 Å². The Bertz CT molecular complexity index is 854. The van der Waals surface area contributed by atoms with E-state index in [2.05, 4.69) is 24.4 Å². The summed E-state index contributed by atoms with van der Waals surface area (Å²) in [6, 6.07) is 5.02. The molecule has 2 heterocycles. The Balaban J connectivity index is 1.80. The third kappa shape index (κ3) is 2.73. The molecule has 0 radical (unpaired) electrons. The van der Waals surface area contributed by atoms with E-state index < -0.39 is 10.0 Å². The Hall–Kier alpha value is -2.39. The number of hydrogen-bond acceptors (Lipinski definition) is 6. The number of anilines is 1. The van der Waals surface area contributed by atoms with Gasteiger partial charge in [-0.1, -0.05) is 5.16 Å². The van der Waals surface area contributed by atoms with E-state index in [9.17, 15) is 8.42 Å². The molecular weight excluding hydrogens is 294 g/mol. The van der Waals surface area contributed by atoms with Crippen LogP contribution in [-0.2, 0) is 16.4 Å². The van der Waals surface area contributed by atoms with Gasteiger partial charge in [0, 0.05) is 35.8 Å². The normalized spacial score (nSPS) is 12.0. The molecule has 0 atom stereocenters. The van der Waals surface area contributed by atoms with Crippen molar-refractivity contribution in [2.24, 2.45) is 0 Å². The van der Waals surface area contributed by atoms with Crippen molar-refractivity contribution in [1.29, 1.82) is 0 Å². The van der Waals surface area contributed by atoms with Crippen LogP contribution in [0.3, 0.4) is 0 Å². The number of nitrogens with zero attached hydrogens (tertiary/aromatic N) is 2. The number of H-pyrrole nitrogens is 1. The molecule has 0 unspecified atom stereocenters. The fraction of sp³-hybridized carbons (Fsp3) is 0.167. The highest BCUT2D eigenvalue weighted by Crippen LogP contribution is 2.24. The van der Waals surface area contributed by atoms with Crippen molar-refractivity contribution in [2.45, 2.75) is 11.3 Å². The molecule has 0 saturated heterocycles. The van der Waals surface area contributed by atoms with Gasteiger partial charge in [-0.15, -0.1) is 0 Å². The molecule has 1 aromatic carbocycles. The highest BCUT2D eigenvalue weighted by Gasteiger charge is 2.18. The van der Waals surface area contributed by atoms with Crippen molar-refractivity contribution in [3.05, 3.63) is 36.6 Å². The van der Waals surface area contributed by atoms with Gasteiger partial charge in [0.05, 0.1) is 0 Å². The first-order valence-corrected chi connectivity index (χ1v) is 7.66. The zero-order valence-corrected chi connectivity index (χ0v) is 11.7. The molecule has 9 heteroatoms. The van der Waals surface area contributed by atoms with Crippen molar-refractivity contribution in [3.63, 3.8) is 0 Å². The van der Waals surface area contributed by atoms with Crippen LogP contribution in [-0.4, -0.2) is 30.1 Å². The zero-order chi connectivity index (χ0) is 14.9. The Morgan fingerprint density at radius 1 is 1.38 bits per heavy atom. The van der Waals surface area contributed by atoms with Crippen LogP contribution in [0.15, 0.2) is 40.2 Å². The number of nitrogens with one attached hydrogen (secondary N) is 2. The summed E-state index contributed by atoms with van der Waals surface area (Å²) in [4.78, 5) is 6.91. The Morgan fingerprint density at radius 3 is 3.00 bits per heavy atom. The minimum absolute atomic E-state index is 0.184. The predicted molar refractivity (Wildman–Crippen MR) is 75.9 cm³/mol. The van der Waals surface area contributed by atoms with Gasteiger partial charge in [-0.3, -0.25) is 0 Å². The van der Waals surface area contributed by atoms with E-state index in [1.807, 2.05) is 0 Å². The number of benzene rings is 1. The van der Waals surface area contributed by atoms with E-state index in [-0.39, 0.29) is 11.4 Å². The first kappa shape index (κ1) is 13.6. The first-order chi connectivity index (χ1) is 10.1. The molecule has 3 rings (SSSR count). The maximum absolute atomic E-state index is 12.3. The molecule has 2 aromatic heterocycles. The molecule has 0 aliphatic rings. The minimum Gasteiger partial charge on any atom is -0.399 e. The second-order valence-electron chi connectivity index (χ2n) is 4.45. The molecule has 0 amide bonds. The number of aromatic amines is 1. The quantitative estimate of drug-likeness (QED) is 0.594. The van der Waals surface area contributed by atoms with Gasteiger partial charge in [0.25, 0.3) is 0 Å². The standard InChI is InChI=1S/C12H13N5O3S/c13-8-1-2-9-10(5-8)14-6-11(9)21(18,19)16-4-3-12-15-7-20-17-12/h1-2,5-7,14,16H,3-4,13H2.